The molecule has 21 heavy (non-hydrogen) atoms. The van der Waals surface area contributed by atoms with Crippen LogP contribution in [0.25, 0.3) is 0 Å². The number of benzene rings is 1. The molecule has 1 unspecified atom stereocenters. The number of hydrogen-bond donors (Lipinski definition) is 2. The first kappa shape index (κ1) is 17.2. The van der Waals surface area contributed by atoms with E-state index in [-0.39, 0.29) is 17.9 Å². The van der Waals surface area contributed by atoms with Crippen LogP contribution in [0.1, 0.15) is 13.3 Å². The summed E-state index contributed by atoms with van der Waals surface area (Å²) < 4.78 is 49.3. The van der Waals surface area contributed by atoms with Crippen LogP contribution in [0.2, 0.25) is 0 Å². The van der Waals surface area contributed by atoms with Gasteiger partial charge in [0.2, 0.25) is 5.91 Å². The lowest BCUT2D eigenvalue weighted by Gasteiger charge is -2.24. The second-order valence-electron chi connectivity index (χ2n) is 4.74. The Labute approximate surface area is 119 Å². The number of rotatable bonds is 5. The minimum atomic E-state index is -4.27. The molecule has 0 aliphatic carbocycles. The van der Waals surface area contributed by atoms with Crippen LogP contribution in [0.5, 0.6) is 0 Å². The summed E-state index contributed by atoms with van der Waals surface area (Å²) in [6, 6.07) is 2.69. The van der Waals surface area contributed by atoms with Crippen LogP contribution in [0.3, 0.4) is 0 Å². The fraction of sp³-hybridized carbons (Fsp3) is 0.462. The van der Waals surface area contributed by atoms with Gasteiger partial charge < -0.3 is 11.1 Å². The summed E-state index contributed by atoms with van der Waals surface area (Å²) in [7, 11) is 1.42. The third-order valence-electron chi connectivity index (χ3n) is 3.06. The Kier molecular flexibility index (Phi) is 5.54. The number of carbonyl (C=O) groups excluding carboxylic acids is 1. The second kappa shape index (κ2) is 6.75. The van der Waals surface area contributed by atoms with Gasteiger partial charge >= 0.3 is 6.18 Å². The molecule has 118 valence electrons. The highest BCUT2D eigenvalue weighted by molar-refractivity contribution is 5.97. The number of nitrogens with two attached hydrogens (primary N) is 1. The highest BCUT2D eigenvalue weighted by atomic mass is 19.4. The normalized spacial score (nSPS) is 13.3. The molecule has 0 aliphatic rings. The summed E-state index contributed by atoms with van der Waals surface area (Å²) in [6.07, 6.45) is -5.27. The quantitative estimate of drug-likeness (QED) is 0.649. The van der Waals surface area contributed by atoms with Crippen molar-refractivity contribution in [2.45, 2.75) is 25.6 Å². The van der Waals surface area contributed by atoms with Gasteiger partial charge in [-0.05, 0) is 32.2 Å². The number of hydrogen-bond acceptors (Lipinski definition) is 3. The van der Waals surface area contributed by atoms with E-state index in [2.05, 4.69) is 5.32 Å². The number of carbonyl (C=O) groups is 1. The number of halogens is 4. The first-order valence-electron chi connectivity index (χ1n) is 6.23. The maximum Gasteiger partial charge on any atom is 0.390 e. The molecule has 1 aromatic rings. The number of likely N-dealkylation sites (N-methyl/N-ethyl adjacent to an activating group) is 1. The average molecular weight is 307 g/mol. The molecular weight excluding hydrogens is 290 g/mol. The standard InChI is InChI=1S/C13H17F4N3O/c1-8(20(2)6-5-13(15,16)17)12(21)19-11-4-3-9(14)7-10(11)18/h3-4,7-8H,5-6,18H2,1-2H3,(H,19,21). The molecule has 0 spiro atoms. The van der Waals surface area contributed by atoms with E-state index in [0.29, 0.717) is 0 Å². The summed E-state index contributed by atoms with van der Waals surface area (Å²) in [5, 5.41) is 2.46. The predicted octanol–water partition coefficient (Wildman–Crippen LogP) is 2.62. The lowest BCUT2D eigenvalue weighted by Crippen LogP contribution is -2.41. The van der Waals surface area contributed by atoms with Crippen molar-refractivity contribution < 1.29 is 22.4 Å². The Hall–Kier alpha value is -1.83. The topological polar surface area (TPSA) is 58.4 Å². The Morgan fingerprint density at radius 3 is 2.57 bits per heavy atom. The fourth-order valence-electron chi connectivity index (χ4n) is 1.58. The van der Waals surface area contributed by atoms with Gasteiger partial charge in [0.05, 0.1) is 23.8 Å². The summed E-state index contributed by atoms with van der Waals surface area (Å²) in [6.45, 7) is 1.18. The SMILES string of the molecule is CC(C(=O)Nc1ccc(F)cc1N)N(C)CCC(F)(F)F. The lowest BCUT2D eigenvalue weighted by molar-refractivity contribution is -0.140. The van der Waals surface area contributed by atoms with Crippen molar-refractivity contribution in [2.24, 2.45) is 0 Å². The minimum absolute atomic E-state index is 0.0495. The van der Waals surface area contributed by atoms with Crippen LogP contribution < -0.4 is 11.1 Å². The molecular formula is C13H17F4N3O. The second-order valence-corrected chi connectivity index (χ2v) is 4.74. The van der Waals surface area contributed by atoms with E-state index in [0.717, 1.165) is 12.1 Å². The lowest BCUT2D eigenvalue weighted by atomic mass is 10.2. The number of nitrogens with one attached hydrogen (secondary N) is 1. The minimum Gasteiger partial charge on any atom is -0.397 e. The smallest absolute Gasteiger partial charge is 0.390 e. The molecule has 0 bridgehead atoms. The van der Waals surface area contributed by atoms with Gasteiger partial charge in [0.15, 0.2) is 0 Å². The van der Waals surface area contributed by atoms with Crippen molar-refractivity contribution >= 4 is 17.3 Å². The number of nitrogen functional groups attached to an aromatic ring is 1. The van der Waals surface area contributed by atoms with E-state index in [1.54, 1.807) is 0 Å². The molecule has 0 aromatic heterocycles. The van der Waals surface area contributed by atoms with Crippen LogP contribution in [0, 0.1) is 5.82 Å². The van der Waals surface area contributed by atoms with E-state index in [1.807, 2.05) is 0 Å². The average Bonchev–Trinajstić information content (AvgIpc) is 2.37. The molecule has 0 aliphatic heterocycles. The van der Waals surface area contributed by atoms with Gasteiger partial charge in [0, 0.05) is 6.54 Å². The molecule has 1 amide bonds. The Balaban J connectivity index is 2.61. The molecule has 0 saturated heterocycles. The third-order valence-corrected chi connectivity index (χ3v) is 3.06. The Morgan fingerprint density at radius 2 is 2.05 bits per heavy atom. The van der Waals surface area contributed by atoms with Crippen LogP contribution in [0.4, 0.5) is 28.9 Å². The monoisotopic (exact) mass is 307 g/mol. The molecule has 1 atom stereocenters. The van der Waals surface area contributed by atoms with Gasteiger partial charge in [-0.25, -0.2) is 4.39 Å². The van der Waals surface area contributed by atoms with Gasteiger partial charge in [0.1, 0.15) is 5.82 Å². The van der Waals surface area contributed by atoms with Gasteiger partial charge in [-0.3, -0.25) is 9.69 Å². The maximum atomic E-state index is 12.9. The van der Waals surface area contributed by atoms with E-state index in [1.165, 1.54) is 24.9 Å². The summed E-state index contributed by atoms with van der Waals surface area (Å²) in [4.78, 5) is 13.2. The van der Waals surface area contributed by atoms with E-state index >= 15 is 0 Å². The van der Waals surface area contributed by atoms with E-state index < -0.39 is 30.4 Å². The van der Waals surface area contributed by atoms with Gasteiger partial charge in [-0.15, -0.1) is 0 Å². The van der Waals surface area contributed by atoms with Crippen LogP contribution in [-0.2, 0) is 4.79 Å². The van der Waals surface area contributed by atoms with Crippen molar-refractivity contribution in [3.05, 3.63) is 24.0 Å². The summed E-state index contributed by atoms with van der Waals surface area (Å²) in [5.74, 6) is -1.06. The molecule has 0 fully saturated rings. The van der Waals surface area contributed by atoms with Crippen LogP contribution >= 0.6 is 0 Å². The highest BCUT2D eigenvalue weighted by Gasteiger charge is 2.29. The first-order chi connectivity index (χ1) is 9.60. The van der Waals surface area contributed by atoms with Crippen LogP contribution in [-0.4, -0.2) is 36.6 Å². The van der Waals surface area contributed by atoms with Crippen LogP contribution in [0.15, 0.2) is 18.2 Å². The zero-order valence-corrected chi connectivity index (χ0v) is 11.7. The highest BCUT2D eigenvalue weighted by Crippen LogP contribution is 2.21. The molecule has 1 aromatic carbocycles. The Morgan fingerprint density at radius 1 is 1.43 bits per heavy atom. The molecule has 0 heterocycles. The molecule has 0 saturated carbocycles. The van der Waals surface area contributed by atoms with Crippen molar-refractivity contribution in [1.29, 1.82) is 0 Å². The van der Waals surface area contributed by atoms with Crippen molar-refractivity contribution in [1.82, 2.24) is 4.90 Å². The fourth-order valence-corrected chi connectivity index (χ4v) is 1.58. The first-order valence-corrected chi connectivity index (χ1v) is 6.23. The molecule has 8 heteroatoms. The maximum absolute atomic E-state index is 12.9. The zero-order valence-electron chi connectivity index (χ0n) is 11.7. The summed E-state index contributed by atoms with van der Waals surface area (Å²) >= 11 is 0. The largest absolute Gasteiger partial charge is 0.397 e. The van der Waals surface area contributed by atoms with Gasteiger partial charge in [0.25, 0.3) is 0 Å². The number of anilines is 2. The zero-order chi connectivity index (χ0) is 16.2. The predicted molar refractivity (Wildman–Crippen MR) is 72.2 cm³/mol. The molecule has 4 nitrogen and oxygen atoms in total. The van der Waals surface area contributed by atoms with E-state index in [4.69, 9.17) is 5.73 Å². The summed E-state index contributed by atoms with van der Waals surface area (Å²) in [5.41, 5.74) is 5.81. The van der Waals surface area contributed by atoms with Crippen molar-refractivity contribution in [3.63, 3.8) is 0 Å². The van der Waals surface area contributed by atoms with Gasteiger partial charge in [-0.2, -0.15) is 13.2 Å². The number of alkyl halides is 3. The Bertz CT molecular complexity index is 505. The molecule has 3 N–H and O–H groups in total. The molecule has 1 rings (SSSR count). The third kappa shape index (κ3) is 5.58. The number of nitrogens with zero attached hydrogens (tertiary/aromatic N) is 1. The van der Waals surface area contributed by atoms with Crippen molar-refractivity contribution in [2.75, 3.05) is 24.6 Å². The van der Waals surface area contributed by atoms with Gasteiger partial charge in [-0.1, -0.05) is 0 Å². The molecule has 0 radical (unpaired) electrons. The van der Waals surface area contributed by atoms with Crippen molar-refractivity contribution in [3.8, 4) is 0 Å². The van der Waals surface area contributed by atoms with E-state index in [9.17, 15) is 22.4 Å². The number of amides is 1.